The first kappa shape index (κ1) is 24.8. The Labute approximate surface area is 209 Å². The first-order valence-corrected chi connectivity index (χ1v) is 11.9. The average Bonchev–Trinajstić information content (AvgIpc) is 2.89. The first-order valence-electron chi connectivity index (χ1n) is 11.9. The van der Waals surface area contributed by atoms with Gasteiger partial charge in [0.05, 0.1) is 6.20 Å². The molecule has 4 N–H and O–H groups in total. The van der Waals surface area contributed by atoms with Gasteiger partial charge in [0, 0.05) is 30.7 Å². The van der Waals surface area contributed by atoms with E-state index in [0.717, 1.165) is 19.3 Å². The fraction of sp³-hybridized carbons (Fsp3) is 0.296. The third kappa shape index (κ3) is 4.77. The molecule has 0 spiro atoms. The first-order chi connectivity index (χ1) is 17.3. The van der Waals surface area contributed by atoms with Crippen molar-refractivity contribution in [1.82, 2.24) is 9.97 Å². The molecule has 186 valence electrons. The van der Waals surface area contributed by atoms with Gasteiger partial charge >= 0.3 is 0 Å². The Morgan fingerprint density at radius 3 is 2.22 bits per heavy atom. The number of carbonyl (C=O) groups excluding carboxylic acids is 3. The number of amides is 3. The summed E-state index contributed by atoms with van der Waals surface area (Å²) < 4.78 is 0. The standard InChI is InChI=1S/C27H29N5O4/c1-18(33)31-21-9-11-22(12-10-21)32(25(35)24-17-29-15-16-30-24)27(26(28)36,19-5-3-2-4-6-19)20-7-13-23(34)14-8-20/h7-17,19,34H,2-6H2,1H3,(H2,28,36)(H,31,33). The van der Waals surface area contributed by atoms with Crippen LogP contribution in [-0.2, 0) is 15.1 Å². The predicted octanol–water partition coefficient (Wildman–Crippen LogP) is 3.75. The second-order valence-corrected chi connectivity index (χ2v) is 8.97. The van der Waals surface area contributed by atoms with Crippen LogP contribution in [0, 0.1) is 5.92 Å². The van der Waals surface area contributed by atoms with Gasteiger partial charge in [-0.1, -0.05) is 31.4 Å². The minimum absolute atomic E-state index is 0.0345. The molecule has 3 aromatic rings. The summed E-state index contributed by atoms with van der Waals surface area (Å²) in [5.74, 6) is -1.68. The number of aromatic hydroxyl groups is 1. The van der Waals surface area contributed by atoms with Gasteiger partial charge in [-0.3, -0.25) is 24.3 Å². The number of phenolic OH excluding ortho intramolecular Hbond substituents is 1. The van der Waals surface area contributed by atoms with Gasteiger partial charge in [-0.25, -0.2) is 4.98 Å². The Balaban J connectivity index is 1.98. The van der Waals surface area contributed by atoms with Crippen LogP contribution in [0.3, 0.4) is 0 Å². The minimum Gasteiger partial charge on any atom is -0.508 e. The summed E-state index contributed by atoms with van der Waals surface area (Å²) in [6, 6.07) is 12.9. The molecular formula is C27H29N5O4. The summed E-state index contributed by atoms with van der Waals surface area (Å²) in [5.41, 5.74) is 6.20. The number of hydrogen-bond donors (Lipinski definition) is 3. The fourth-order valence-corrected chi connectivity index (χ4v) is 5.14. The van der Waals surface area contributed by atoms with Gasteiger partial charge in [0.1, 0.15) is 11.4 Å². The van der Waals surface area contributed by atoms with Crippen LogP contribution >= 0.6 is 0 Å². The van der Waals surface area contributed by atoms with E-state index in [-0.39, 0.29) is 23.3 Å². The third-order valence-corrected chi connectivity index (χ3v) is 6.66. The molecule has 0 radical (unpaired) electrons. The topological polar surface area (TPSA) is 139 Å². The molecule has 4 rings (SSSR count). The zero-order chi connectivity index (χ0) is 25.7. The number of anilines is 2. The van der Waals surface area contributed by atoms with Crippen molar-refractivity contribution in [2.24, 2.45) is 11.7 Å². The van der Waals surface area contributed by atoms with E-state index in [0.29, 0.717) is 29.8 Å². The van der Waals surface area contributed by atoms with Crippen molar-refractivity contribution in [3.8, 4) is 5.75 Å². The van der Waals surface area contributed by atoms with Crippen LogP contribution in [0.1, 0.15) is 55.1 Å². The highest BCUT2D eigenvalue weighted by Crippen LogP contribution is 2.46. The fourth-order valence-electron chi connectivity index (χ4n) is 5.14. The molecule has 1 unspecified atom stereocenters. The number of carbonyl (C=O) groups is 3. The summed E-state index contributed by atoms with van der Waals surface area (Å²) in [6.07, 6.45) is 8.44. The minimum atomic E-state index is -1.56. The van der Waals surface area contributed by atoms with E-state index in [9.17, 15) is 19.5 Å². The molecule has 9 heteroatoms. The van der Waals surface area contributed by atoms with E-state index in [1.807, 2.05) is 0 Å². The summed E-state index contributed by atoms with van der Waals surface area (Å²) >= 11 is 0. The van der Waals surface area contributed by atoms with Gasteiger partial charge in [0.2, 0.25) is 11.8 Å². The van der Waals surface area contributed by atoms with Gasteiger partial charge in [-0.05, 0) is 60.7 Å². The highest BCUT2D eigenvalue weighted by atomic mass is 16.3. The number of nitrogens with two attached hydrogens (primary N) is 1. The van der Waals surface area contributed by atoms with Crippen molar-refractivity contribution < 1.29 is 19.5 Å². The molecule has 1 aliphatic rings. The van der Waals surface area contributed by atoms with Crippen LogP contribution in [-0.4, -0.2) is 32.8 Å². The normalized spacial score (nSPS) is 15.5. The molecule has 0 bridgehead atoms. The lowest BCUT2D eigenvalue weighted by molar-refractivity contribution is -0.126. The molecular weight excluding hydrogens is 458 g/mol. The molecule has 1 aromatic heterocycles. The smallest absolute Gasteiger partial charge is 0.279 e. The van der Waals surface area contributed by atoms with Crippen molar-refractivity contribution >= 4 is 29.1 Å². The molecule has 1 fully saturated rings. The van der Waals surface area contributed by atoms with Crippen molar-refractivity contribution in [3.63, 3.8) is 0 Å². The Morgan fingerprint density at radius 1 is 1.00 bits per heavy atom. The van der Waals surface area contributed by atoms with Gasteiger partial charge in [0.15, 0.2) is 5.54 Å². The van der Waals surface area contributed by atoms with E-state index in [2.05, 4.69) is 15.3 Å². The highest BCUT2D eigenvalue weighted by Gasteiger charge is 2.53. The summed E-state index contributed by atoms with van der Waals surface area (Å²) in [5, 5.41) is 12.7. The second kappa shape index (κ2) is 10.6. The average molecular weight is 488 g/mol. The summed E-state index contributed by atoms with van der Waals surface area (Å²) in [7, 11) is 0. The van der Waals surface area contributed by atoms with Gasteiger partial charge in [-0.2, -0.15) is 0 Å². The number of nitrogens with zero attached hydrogens (tertiary/aromatic N) is 3. The number of primary amides is 1. The van der Waals surface area contributed by atoms with Crippen LogP contribution < -0.4 is 16.0 Å². The molecule has 1 aliphatic carbocycles. The van der Waals surface area contributed by atoms with Gasteiger partial charge in [0.25, 0.3) is 5.91 Å². The van der Waals surface area contributed by atoms with E-state index in [1.54, 1.807) is 36.4 Å². The van der Waals surface area contributed by atoms with Crippen LogP contribution in [0.15, 0.2) is 67.1 Å². The van der Waals surface area contributed by atoms with Crippen LogP contribution in [0.25, 0.3) is 0 Å². The van der Waals surface area contributed by atoms with E-state index in [4.69, 9.17) is 5.73 Å². The number of nitrogens with one attached hydrogen (secondary N) is 1. The molecule has 1 heterocycles. The van der Waals surface area contributed by atoms with E-state index >= 15 is 0 Å². The van der Waals surface area contributed by atoms with Crippen LogP contribution in [0.2, 0.25) is 0 Å². The van der Waals surface area contributed by atoms with E-state index in [1.165, 1.54) is 42.5 Å². The predicted molar refractivity (Wildman–Crippen MR) is 135 cm³/mol. The lowest BCUT2D eigenvalue weighted by Crippen LogP contribution is -2.62. The number of rotatable bonds is 7. The summed E-state index contributed by atoms with van der Waals surface area (Å²) in [4.78, 5) is 49.0. The zero-order valence-corrected chi connectivity index (χ0v) is 20.1. The SMILES string of the molecule is CC(=O)Nc1ccc(N(C(=O)c2cnccn2)C(C(N)=O)(c2ccc(O)cc2)C2CCCCC2)cc1. The lowest BCUT2D eigenvalue weighted by atomic mass is 9.69. The lowest BCUT2D eigenvalue weighted by Gasteiger charge is -2.48. The zero-order valence-electron chi connectivity index (χ0n) is 20.1. The molecule has 3 amide bonds. The van der Waals surface area contributed by atoms with Crippen LogP contribution in [0.5, 0.6) is 5.75 Å². The number of phenols is 1. The molecule has 0 aliphatic heterocycles. The van der Waals surface area contributed by atoms with Gasteiger partial charge in [-0.15, -0.1) is 0 Å². The van der Waals surface area contributed by atoms with Crippen molar-refractivity contribution in [1.29, 1.82) is 0 Å². The highest BCUT2D eigenvalue weighted by molar-refractivity contribution is 6.11. The van der Waals surface area contributed by atoms with Crippen LogP contribution in [0.4, 0.5) is 11.4 Å². The van der Waals surface area contributed by atoms with Gasteiger partial charge < -0.3 is 16.2 Å². The molecule has 1 atom stereocenters. The van der Waals surface area contributed by atoms with Crippen molar-refractivity contribution in [3.05, 3.63) is 78.4 Å². The Bertz CT molecular complexity index is 1230. The maximum absolute atomic E-state index is 14.1. The molecule has 0 saturated heterocycles. The molecule has 9 nitrogen and oxygen atoms in total. The maximum Gasteiger partial charge on any atom is 0.279 e. The van der Waals surface area contributed by atoms with Crippen molar-refractivity contribution in [2.75, 3.05) is 10.2 Å². The molecule has 2 aromatic carbocycles. The van der Waals surface area contributed by atoms with Crippen molar-refractivity contribution in [2.45, 2.75) is 44.6 Å². The Kier molecular flexibility index (Phi) is 7.28. The Morgan fingerprint density at radius 2 is 1.67 bits per heavy atom. The monoisotopic (exact) mass is 487 g/mol. The largest absolute Gasteiger partial charge is 0.508 e. The second-order valence-electron chi connectivity index (χ2n) is 8.97. The number of benzene rings is 2. The molecule has 1 saturated carbocycles. The quantitative estimate of drug-likeness (QED) is 0.464. The van der Waals surface area contributed by atoms with E-state index < -0.39 is 17.4 Å². The molecule has 36 heavy (non-hydrogen) atoms. The Hall–Kier alpha value is -4.27. The third-order valence-electron chi connectivity index (χ3n) is 6.66. The number of aromatic nitrogens is 2. The summed E-state index contributed by atoms with van der Waals surface area (Å²) in [6.45, 7) is 1.41. The number of hydrogen-bond acceptors (Lipinski definition) is 6. The maximum atomic E-state index is 14.1.